The van der Waals surface area contributed by atoms with Gasteiger partial charge in [0, 0.05) is 0 Å². The molecule has 0 bridgehead atoms. The topological polar surface area (TPSA) is 56.0 Å². The number of Topliss-reactive ketones (excluding diaryl/α,β-unsaturated/α-hetero) is 1. The fraction of sp³-hybridized carbons (Fsp3) is 0.250. The highest BCUT2D eigenvalue weighted by Crippen LogP contribution is 2.09. The first-order valence-corrected chi connectivity index (χ1v) is 5.19. The van der Waals surface area contributed by atoms with E-state index in [1.165, 1.54) is 19.1 Å². The van der Waals surface area contributed by atoms with Crippen LogP contribution >= 0.6 is 0 Å². The maximum Gasteiger partial charge on any atom is 0.231 e. The number of hydrogen-bond acceptors (Lipinski definition) is 4. The summed E-state index contributed by atoms with van der Waals surface area (Å²) in [6, 6.07) is 6.07. The molecule has 0 fully saturated rings. The molecule has 0 saturated carbocycles. The van der Waals surface area contributed by atoms with Crippen LogP contribution in [0.2, 0.25) is 0 Å². The van der Waals surface area contributed by atoms with E-state index < -0.39 is 0 Å². The molecule has 0 saturated heterocycles. The van der Waals surface area contributed by atoms with E-state index in [4.69, 9.17) is 4.52 Å². The summed E-state index contributed by atoms with van der Waals surface area (Å²) in [6.45, 7) is 1.47. The first kappa shape index (κ1) is 11.4. The zero-order valence-electron chi connectivity index (χ0n) is 9.31. The van der Waals surface area contributed by atoms with Crippen LogP contribution in [0, 0.1) is 5.82 Å². The molecule has 0 unspecified atom stereocenters. The van der Waals surface area contributed by atoms with Gasteiger partial charge in [-0.1, -0.05) is 17.3 Å². The second kappa shape index (κ2) is 4.86. The molecule has 0 atom stereocenters. The number of carbonyl (C=O) groups excluding carboxylic acids is 1. The Balaban J connectivity index is 2.06. The number of nitrogens with zero attached hydrogens (tertiary/aromatic N) is 2. The van der Waals surface area contributed by atoms with Crippen molar-refractivity contribution in [2.75, 3.05) is 0 Å². The van der Waals surface area contributed by atoms with Crippen LogP contribution in [0.4, 0.5) is 4.39 Å². The van der Waals surface area contributed by atoms with E-state index in [9.17, 15) is 9.18 Å². The molecule has 0 aliphatic heterocycles. The number of aromatic nitrogens is 2. The summed E-state index contributed by atoms with van der Waals surface area (Å²) in [5.41, 5.74) is 0.879. The highest BCUT2D eigenvalue weighted by atomic mass is 19.1. The maximum atomic E-state index is 12.7. The van der Waals surface area contributed by atoms with Crippen LogP contribution in [0.25, 0.3) is 0 Å². The minimum atomic E-state index is -0.281. The Labute approximate surface area is 97.5 Å². The lowest BCUT2D eigenvalue weighted by Crippen LogP contribution is -1.98. The monoisotopic (exact) mass is 234 g/mol. The van der Waals surface area contributed by atoms with E-state index in [1.54, 1.807) is 12.1 Å². The summed E-state index contributed by atoms with van der Waals surface area (Å²) in [7, 11) is 0. The number of ketones is 1. The number of benzene rings is 1. The Hall–Kier alpha value is -2.04. The Morgan fingerprint density at radius 3 is 2.71 bits per heavy atom. The van der Waals surface area contributed by atoms with Gasteiger partial charge in [0.05, 0.1) is 12.8 Å². The zero-order valence-corrected chi connectivity index (χ0v) is 9.31. The van der Waals surface area contributed by atoms with Gasteiger partial charge in [-0.15, -0.1) is 0 Å². The molecule has 0 radical (unpaired) electrons. The molecule has 88 valence electrons. The van der Waals surface area contributed by atoms with Crippen molar-refractivity contribution < 1.29 is 13.7 Å². The van der Waals surface area contributed by atoms with Crippen molar-refractivity contribution in [2.45, 2.75) is 19.8 Å². The van der Waals surface area contributed by atoms with Crippen molar-refractivity contribution in [1.82, 2.24) is 10.1 Å². The van der Waals surface area contributed by atoms with Gasteiger partial charge in [0.2, 0.25) is 5.89 Å². The van der Waals surface area contributed by atoms with Gasteiger partial charge in [-0.3, -0.25) is 4.79 Å². The average molecular weight is 234 g/mol. The van der Waals surface area contributed by atoms with Crippen molar-refractivity contribution in [1.29, 1.82) is 0 Å². The van der Waals surface area contributed by atoms with E-state index in [1.807, 2.05) is 0 Å². The van der Waals surface area contributed by atoms with E-state index in [0.29, 0.717) is 18.1 Å². The van der Waals surface area contributed by atoms with E-state index in [2.05, 4.69) is 10.1 Å². The maximum absolute atomic E-state index is 12.7. The van der Waals surface area contributed by atoms with Gasteiger partial charge < -0.3 is 4.52 Å². The van der Waals surface area contributed by atoms with Crippen molar-refractivity contribution in [3.05, 3.63) is 47.4 Å². The summed E-state index contributed by atoms with van der Waals surface area (Å²) in [5, 5.41) is 3.69. The lowest BCUT2D eigenvalue weighted by atomic mass is 10.1. The second-order valence-corrected chi connectivity index (χ2v) is 3.79. The van der Waals surface area contributed by atoms with Crippen LogP contribution in [0.5, 0.6) is 0 Å². The molecule has 0 aliphatic carbocycles. The first-order valence-electron chi connectivity index (χ1n) is 5.19. The quantitative estimate of drug-likeness (QED) is 0.811. The minimum absolute atomic E-state index is 0.0147. The molecule has 1 aromatic carbocycles. The minimum Gasteiger partial charge on any atom is -0.339 e. The number of carbonyl (C=O) groups is 1. The highest BCUT2D eigenvalue weighted by molar-refractivity contribution is 5.77. The van der Waals surface area contributed by atoms with E-state index in [-0.39, 0.29) is 18.0 Å². The standard InChI is InChI=1S/C12H11FN2O2/c1-8(16)6-11-14-12(17-15-11)7-9-2-4-10(13)5-3-9/h2-5H,6-7H2,1H3. The van der Waals surface area contributed by atoms with Crippen LogP contribution < -0.4 is 0 Å². The molecule has 1 heterocycles. The molecule has 5 heteroatoms. The fourth-order valence-corrected chi connectivity index (χ4v) is 1.43. The molecule has 0 aliphatic rings. The third-order valence-electron chi connectivity index (χ3n) is 2.19. The molecular weight excluding hydrogens is 223 g/mol. The van der Waals surface area contributed by atoms with Crippen LogP contribution in [0.15, 0.2) is 28.8 Å². The summed E-state index contributed by atoms with van der Waals surface area (Å²) in [4.78, 5) is 14.9. The predicted octanol–water partition coefficient (Wildman–Crippen LogP) is 1.93. The third-order valence-corrected chi connectivity index (χ3v) is 2.19. The van der Waals surface area contributed by atoms with Gasteiger partial charge in [-0.25, -0.2) is 4.39 Å². The van der Waals surface area contributed by atoms with E-state index in [0.717, 1.165) is 5.56 Å². The molecule has 17 heavy (non-hydrogen) atoms. The number of halogens is 1. The van der Waals surface area contributed by atoms with Gasteiger partial charge in [0.25, 0.3) is 0 Å². The van der Waals surface area contributed by atoms with Gasteiger partial charge in [-0.2, -0.15) is 4.98 Å². The van der Waals surface area contributed by atoms with Crippen molar-refractivity contribution in [3.8, 4) is 0 Å². The summed E-state index contributed by atoms with van der Waals surface area (Å²) >= 11 is 0. The molecule has 0 spiro atoms. The Morgan fingerprint density at radius 1 is 1.35 bits per heavy atom. The molecule has 1 aromatic heterocycles. The summed E-state index contributed by atoms with van der Waals surface area (Å²) in [5.74, 6) is 0.512. The second-order valence-electron chi connectivity index (χ2n) is 3.79. The molecular formula is C12H11FN2O2. The number of hydrogen-bond donors (Lipinski definition) is 0. The van der Waals surface area contributed by atoms with Crippen molar-refractivity contribution in [2.24, 2.45) is 0 Å². The Bertz CT molecular complexity index is 520. The lowest BCUT2D eigenvalue weighted by Gasteiger charge is -1.95. The van der Waals surface area contributed by atoms with Crippen molar-refractivity contribution in [3.63, 3.8) is 0 Å². The zero-order chi connectivity index (χ0) is 12.3. The predicted molar refractivity (Wildman–Crippen MR) is 57.9 cm³/mol. The van der Waals surface area contributed by atoms with Crippen LogP contribution in [-0.4, -0.2) is 15.9 Å². The normalized spacial score (nSPS) is 10.5. The van der Waals surface area contributed by atoms with Crippen LogP contribution in [0.3, 0.4) is 0 Å². The Morgan fingerprint density at radius 2 is 2.06 bits per heavy atom. The summed E-state index contributed by atoms with van der Waals surface area (Å²) < 4.78 is 17.7. The van der Waals surface area contributed by atoms with Gasteiger partial charge >= 0.3 is 0 Å². The lowest BCUT2D eigenvalue weighted by molar-refractivity contribution is -0.116. The van der Waals surface area contributed by atoms with Gasteiger partial charge in [-0.05, 0) is 24.6 Å². The fourth-order valence-electron chi connectivity index (χ4n) is 1.43. The van der Waals surface area contributed by atoms with Crippen molar-refractivity contribution >= 4 is 5.78 Å². The molecule has 2 rings (SSSR count). The van der Waals surface area contributed by atoms with Crippen LogP contribution in [0.1, 0.15) is 24.2 Å². The first-order chi connectivity index (χ1) is 8.13. The molecule has 0 N–H and O–H groups in total. The van der Waals surface area contributed by atoms with Crippen LogP contribution in [-0.2, 0) is 17.6 Å². The average Bonchev–Trinajstić information content (AvgIpc) is 2.68. The molecule has 2 aromatic rings. The van der Waals surface area contributed by atoms with Gasteiger partial charge in [0.1, 0.15) is 11.6 Å². The third kappa shape index (κ3) is 3.21. The Kier molecular flexibility index (Phi) is 3.27. The largest absolute Gasteiger partial charge is 0.339 e. The molecule has 4 nitrogen and oxygen atoms in total. The summed E-state index contributed by atoms with van der Waals surface area (Å²) in [6.07, 6.45) is 0.609. The van der Waals surface area contributed by atoms with E-state index >= 15 is 0 Å². The molecule has 0 amide bonds. The smallest absolute Gasteiger partial charge is 0.231 e. The highest BCUT2D eigenvalue weighted by Gasteiger charge is 2.08. The van der Waals surface area contributed by atoms with Gasteiger partial charge in [0.15, 0.2) is 5.82 Å². The number of rotatable bonds is 4. The SMILES string of the molecule is CC(=O)Cc1noc(Cc2ccc(F)cc2)n1.